The van der Waals surface area contributed by atoms with Gasteiger partial charge in [0.2, 0.25) is 0 Å². The second-order valence-electron chi connectivity index (χ2n) is 3.55. The van der Waals surface area contributed by atoms with Gasteiger partial charge >= 0.3 is 6.30 Å². The lowest BCUT2D eigenvalue weighted by molar-refractivity contribution is -0.130. The fourth-order valence-electron chi connectivity index (χ4n) is 1.52. The van der Waals surface area contributed by atoms with E-state index in [-0.39, 0.29) is 11.7 Å². The Morgan fingerprint density at radius 1 is 1.27 bits per heavy atom. The van der Waals surface area contributed by atoms with Crippen molar-refractivity contribution in [2.24, 2.45) is 0 Å². The first kappa shape index (κ1) is 10.8. The summed E-state index contributed by atoms with van der Waals surface area (Å²) in [5, 5.41) is 0. The summed E-state index contributed by atoms with van der Waals surface area (Å²) in [6.45, 7) is 0. The predicted octanol–water partition coefficient (Wildman–Crippen LogP) is 3.94. The molecule has 1 aliphatic rings. The first-order valence-corrected chi connectivity index (χ1v) is 5.39. The summed E-state index contributed by atoms with van der Waals surface area (Å²) in [6, 6.07) is 5.92. The SMILES string of the molecule is FC(F)(F)N(c1cccc(Br)c1)C1CC1. The summed E-state index contributed by atoms with van der Waals surface area (Å²) in [5.74, 6) is 0. The third-order valence-corrected chi connectivity index (χ3v) is 2.76. The minimum Gasteiger partial charge on any atom is -0.281 e. The number of anilines is 1. The molecule has 2 rings (SSSR count). The number of halogens is 4. The number of alkyl halides is 3. The molecule has 0 aliphatic heterocycles. The van der Waals surface area contributed by atoms with Crippen molar-refractivity contribution < 1.29 is 13.2 Å². The molecule has 1 fully saturated rings. The molecule has 5 heteroatoms. The average Bonchev–Trinajstić information content (AvgIpc) is 2.86. The Bertz CT molecular complexity index is 360. The monoisotopic (exact) mass is 279 g/mol. The van der Waals surface area contributed by atoms with Gasteiger partial charge in [-0.2, -0.15) is 13.2 Å². The van der Waals surface area contributed by atoms with Gasteiger partial charge in [-0.1, -0.05) is 22.0 Å². The molecule has 1 saturated carbocycles. The summed E-state index contributed by atoms with van der Waals surface area (Å²) in [6.07, 6.45) is -3.06. The molecule has 1 nitrogen and oxygen atoms in total. The lowest BCUT2D eigenvalue weighted by Crippen LogP contribution is -2.39. The van der Waals surface area contributed by atoms with Crippen LogP contribution < -0.4 is 4.90 Å². The first-order chi connectivity index (χ1) is 6.98. The Hall–Kier alpha value is -0.710. The summed E-state index contributed by atoms with van der Waals surface area (Å²) in [7, 11) is 0. The van der Waals surface area contributed by atoms with E-state index in [1.165, 1.54) is 12.1 Å². The van der Waals surface area contributed by atoms with Crippen LogP contribution in [0.1, 0.15) is 12.8 Å². The van der Waals surface area contributed by atoms with Gasteiger partial charge in [-0.3, -0.25) is 4.90 Å². The molecular formula is C10H9BrF3N. The zero-order valence-corrected chi connectivity index (χ0v) is 9.35. The lowest BCUT2D eigenvalue weighted by atomic mass is 10.3. The van der Waals surface area contributed by atoms with E-state index in [0.29, 0.717) is 22.2 Å². The van der Waals surface area contributed by atoms with Gasteiger partial charge in [0.15, 0.2) is 0 Å². The maximum absolute atomic E-state index is 12.7. The molecule has 0 heterocycles. The quantitative estimate of drug-likeness (QED) is 0.742. The molecule has 1 aromatic carbocycles. The smallest absolute Gasteiger partial charge is 0.281 e. The van der Waals surface area contributed by atoms with Gasteiger partial charge in [-0.25, -0.2) is 0 Å². The average molecular weight is 280 g/mol. The van der Waals surface area contributed by atoms with Crippen LogP contribution in [0.2, 0.25) is 0 Å². The van der Waals surface area contributed by atoms with E-state index in [9.17, 15) is 13.2 Å². The molecule has 1 aliphatic carbocycles. The Morgan fingerprint density at radius 3 is 2.40 bits per heavy atom. The van der Waals surface area contributed by atoms with E-state index >= 15 is 0 Å². The highest BCUT2D eigenvalue weighted by molar-refractivity contribution is 9.10. The van der Waals surface area contributed by atoms with Crippen LogP contribution in [0, 0.1) is 0 Å². The Morgan fingerprint density at radius 2 is 1.93 bits per heavy atom. The van der Waals surface area contributed by atoms with Crippen LogP contribution in [0.3, 0.4) is 0 Å². The summed E-state index contributed by atoms with van der Waals surface area (Å²) >= 11 is 3.17. The fourth-order valence-corrected chi connectivity index (χ4v) is 1.91. The van der Waals surface area contributed by atoms with E-state index < -0.39 is 6.30 Å². The van der Waals surface area contributed by atoms with Crippen LogP contribution in [0.5, 0.6) is 0 Å². The Kier molecular flexibility index (Phi) is 2.66. The summed E-state index contributed by atoms with van der Waals surface area (Å²) < 4.78 is 38.9. The van der Waals surface area contributed by atoms with E-state index in [2.05, 4.69) is 15.9 Å². The predicted molar refractivity (Wildman–Crippen MR) is 55.7 cm³/mol. The molecule has 0 amide bonds. The fraction of sp³-hybridized carbons (Fsp3) is 0.400. The number of nitrogens with zero attached hydrogens (tertiary/aromatic N) is 1. The van der Waals surface area contributed by atoms with E-state index in [4.69, 9.17) is 0 Å². The van der Waals surface area contributed by atoms with Crippen LogP contribution in [-0.4, -0.2) is 12.3 Å². The first-order valence-electron chi connectivity index (χ1n) is 4.60. The van der Waals surface area contributed by atoms with Gasteiger partial charge in [0, 0.05) is 16.2 Å². The van der Waals surface area contributed by atoms with E-state index in [1.807, 2.05) is 0 Å². The molecule has 15 heavy (non-hydrogen) atoms. The second-order valence-corrected chi connectivity index (χ2v) is 4.46. The molecule has 0 saturated heterocycles. The standard InChI is InChI=1S/C10H9BrF3N/c11-7-2-1-3-9(6-7)15(8-4-5-8)10(12,13)14/h1-3,6,8H,4-5H2. The zero-order chi connectivity index (χ0) is 11.1. The van der Waals surface area contributed by atoms with Gasteiger partial charge in [-0.15, -0.1) is 0 Å². The van der Waals surface area contributed by atoms with Gasteiger partial charge < -0.3 is 0 Å². The summed E-state index contributed by atoms with van der Waals surface area (Å²) in [5.41, 5.74) is 0.208. The second kappa shape index (κ2) is 3.70. The zero-order valence-electron chi connectivity index (χ0n) is 7.76. The van der Waals surface area contributed by atoms with Crippen molar-refractivity contribution >= 4 is 21.6 Å². The highest BCUT2D eigenvalue weighted by Crippen LogP contribution is 2.40. The van der Waals surface area contributed by atoms with Crippen LogP contribution in [0.15, 0.2) is 28.7 Å². The number of hydrogen-bond donors (Lipinski definition) is 0. The molecule has 0 aromatic heterocycles. The minimum atomic E-state index is -4.29. The van der Waals surface area contributed by atoms with Gasteiger partial charge in [0.25, 0.3) is 0 Å². The molecule has 0 spiro atoms. The van der Waals surface area contributed by atoms with Gasteiger partial charge in [-0.05, 0) is 31.0 Å². The van der Waals surface area contributed by atoms with Crippen LogP contribution in [-0.2, 0) is 0 Å². The largest absolute Gasteiger partial charge is 0.485 e. The third kappa shape index (κ3) is 2.45. The maximum atomic E-state index is 12.7. The van der Waals surface area contributed by atoms with Crippen molar-refractivity contribution in [2.75, 3.05) is 4.90 Å². The van der Waals surface area contributed by atoms with Crippen LogP contribution in [0.4, 0.5) is 18.9 Å². The van der Waals surface area contributed by atoms with Crippen LogP contribution >= 0.6 is 15.9 Å². The number of rotatable bonds is 2. The Labute approximate surface area is 94.0 Å². The number of benzene rings is 1. The van der Waals surface area contributed by atoms with Crippen LogP contribution in [0.25, 0.3) is 0 Å². The normalized spacial score (nSPS) is 16.5. The van der Waals surface area contributed by atoms with Crippen molar-refractivity contribution in [2.45, 2.75) is 25.2 Å². The highest BCUT2D eigenvalue weighted by atomic mass is 79.9. The van der Waals surface area contributed by atoms with E-state index in [0.717, 1.165) is 0 Å². The highest BCUT2D eigenvalue weighted by Gasteiger charge is 2.46. The number of hydrogen-bond acceptors (Lipinski definition) is 1. The molecule has 0 N–H and O–H groups in total. The minimum absolute atomic E-state index is 0.208. The molecule has 0 atom stereocenters. The molecule has 0 radical (unpaired) electrons. The van der Waals surface area contributed by atoms with Crippen molar-refractivity contribution in [1.82, 2.24) is 0 Å². The maximum Gasteiger partial charge on any atom is 0.485 e. The van der Waals surface area contributed by atoms with Crippen molar-refractivity contribution in [3.8, 4) is 0 Å². The third-order valence-electron chi connectivity index (χ3n) is 2.27. The molecular weight excluding hydrogens is 271 g/mol. The molecule has 0 unspecified atom stereocenters. The molecule has 1 aromatic rings. The Balaban J connectivity index is 2.32. The van der Waals surface area contributed by atoms with Crippen molar-refractivity contribution in [3.63, 3.8) is 0 Å². The van der Waals surface area contributed by atoms with Gasteiger partial charge in [0.05, 0.1) is 0 Å². The molecule has 82 valence electrons. The molecule has 0 bridgehead atoms. The van der Waals surface area contributed by atoms with Crippen molar-refractivity contribution in [3.05, 3.63) is 28.7 Å². The lowest BCUT2D eigenvalue weighted by Gasteiger charge is -2.27. The van der Waals surface area contributed by atoms with Gasteiger partial charge in [0.1, 0.15) is 0 Å². The van der Waals surface area contributed by atoms with E-state index in [1.54, 1.807) is 12.1 Å². The topological polar surface area (TPSA) is 3.24 Å². The summed E-state index contributed by atoms with van der Waals surface area (Å²) in [4.78, 5) is 0.539. The van der Waals surface area contributed by atoms with Crippen molar-refractivity contribution in [1.29, 1.82) is 0 Å².